The molecule has 0 aliphatic carbocycles. The fourth-order valence-corrected chi connectivity index (χ4v) is 7.04. The molecule has 2 heterocycles. The lowest BCUT2D eigenvalue weighted by molar-refractivity contribution is 0.392. The highest BCUT2D eigenvalue weighted by Gasteiger charge is 2.38. The summed E-state index contributed by atoms with van der Waals surface area (Å²) >= 11 is 12.6. The Morgan fingerprint density at radius 2 is 1.82 bits per heavy atom. The topological polar surface area (TPSA) is 53.2 Å². The van der Waals surface area contributed by atoms with Gasteiger partial charge in [0.25, 0.3) is 0 Å². The van der Waals surface area contributed by atoms with E-state index >= 15 is 0 Å². The number of aromatic nitrogens is 1. The number of hydrogen-bond donors (Lipinski definition) is 1. The van der Waals surface area contributed by atoms with Crippen molar-refractivity contribution in [2.75, 3.05) is 6.54 Å². The lowest BCUT2D eigenvalue weighted by Gasteiger charge is -2.25. The van der Waals surface area contributed by atoms with Gasteiger partial charge in [0.15, 0.2) is 0 Å². The molecule has 0 bridgehead atoms. The molecule has 4 aromatic rings. The van der Waals surface area contributed by atoms with Crippen molar-refractivity contribution in [3.05, 3.63) is 93.6 Å². The van der Waals surface area contributed by atoms with Crippen LogP contribution in [0.2, 0.25) is 10.0 Å². The van der Waals surface area contributed by atoms with Crippen LogP contribution >= 0.6 is 23.2 Å². The van der Waals surface area contributed by atoms with Gasteiger partial charge in [0.1, 0.15) is 0 Å². The van der Waals surface area contributed by atoms with Crippen LogP contribution in [-0.4, -0.2) is 24.3 Å². The van der Waals surface area contributed by atoms with Crippen molar-refractivity contribution in [2.45, 2.75) is 31.6 Å². The first-order valence-corrected chi connectivity index (χ1v) is 13.3. The van der Waals surface area contributed by atoms with Crippen molar-refractivity contribution >= 4 is 44.1 Å². The van der Waals surface area contributed by atoms with Crippen molar-refractivity contribution < 1.29 is 8.42 Å². The molecule has 0 amide bonds. The number of benzene rings is 3. The maximum atomic E-state index is 13.6. The first-order chi connectivity index (χ1) is 15.8. The minimum atomic E-state index is -3.57. The van der Waals surface area contributed by atoms with E-state index in [-0.39, 0.29) is 11.8 Å². The number of nitrogens with one attached hydrogen (secondary N) is 1. The Kier molecular flexibility index (Phi) is 6.00. The first kappa shape index (κ1) is 22.5. The molecule has 1 atom stereocenters. The maximum Gasteiger partial charge on any atom is 0.218 e. The second kappa shape index (κ2) is 8.80. The van der Waals surface area contributed by atoms with E-state index < -0.39 is 10.0 Å². The third kappa shape index (κ3) is 4.19. The summed E-state index contributed by atoms with van der Waals surface area (Å²) in [6.45, 7) is 2.36. The van der Waals surface area contributed by atoms with Crippen molar-refractivity contribution in [1.82, 2.24) is 9.29 Å². The monoisotopic (exact) mass is 498 g/mol. The van der Waals surface area contributed by atoms with Gasteiger partial charge >= 0.3 is 0 Å². The molecule has 1 unspecified atom stereocenters. The lowest BCUT2D eigenvalue weighted by Crippen LogP contribution is -2.32. The Hall–Kier alpha value is -2.31. The molecule has 1 saturated heterocycles. The fourth-order valence-electron chi connectivity index (χ4n) is 4.80. The zero-order valence-corrected chi connectivity index (χ0v) is 20.5. The quantitative estimate of drug-likeness (QED) is 0.318. The molecule has 5 rings (SSSR count). The molecule has 0 spiro atoms. The third-order valence-corrected chi connectivity index (χ3v) is 8.94. The Bertz CT molecular complexity index is 1430. The van der Waals surface area contributed by atoms with Gasteiger partial charge in [-0.3, -0.25) is 0 Å². The molecule has 33 heavy (non-hydrogen) atoms. The number of fused-ring (bicyclic) bond motifs is 1. The number of hydrogen-bond acceptors (Lipinski definition) is 2. The van der Waals surface area contributed by atoms with Gasteiger partial charge in [-0.1, -0.05) is 65.7 Å². The zero-order valence-electron chi connectivity index (χ0n) is 18.2. The molecule has 1 fully saturated rings. The Morgan fingerprint density at radius 1 is 1.03 bits per heavy atom. The van der Waals surface area contributed by atoms with E-state index in [0.29, 0.717) is 16.6 Å². The lowest BCUT2D eigenvalue weighted by atomic mass is 9.98. The van der Waals surface area contributed by atoms with Gasteiger partial charge in [-0.2, -0.15) is 4.31 Å². The van der Waals surface area contributed by atoms with Crippen LogP contribution in [-0.2, 0) is 15.8 Å². The minimum absolute atomic E-state index is 0.0668. The SMILES string of the molecule is Cc1c(Cl)cccc1CS(=O)(=O)N1CCCC1c1[nH]c2ccc(Cl)cc2c1-c1ccccc1. The standard InChI is InChI=1S/C26H24Cl2N2O2S/c1-17-19(9-5-10-22(17)28)16-33(31,32)30-14-6-11-24(30)26-25(18-7-3-2-4-8-18)21-15-20(27)12-13-23(21)29-26/h2-5,7-10,12-13,15,24,29H,6,11,14,16H2,1H3. The zero-order chi connectivity index (χ0) is 23.2. The second-order valence-corrected chi connectivity index (χ2v) is 11.3. The number of halogens is 2. The Morgan fingerprint density at radius 3 is 2.61 bits per heavy atom. The van der Waals surface area contributed by atoms with E-state index in [1.807, 2.05) is 49.4 Å². The molecular weight excluding hydrogens is 475 g/mol. The van der Waals surface area contributed by atoms with Gasteiger partial charge in [0.2, 0.25) is 10.0 Å². The summed E-state index contributed by atoms with van der Waals surface area (Å²) in [5.41, 5.74) is 5.46. The van der Waals surface area contributed by atoms with E-state index in [4.69, 9.17) is 23.2 Å². The summed E-state index contributed by atoms with van der Waals surface area (Å²) in [6.07, 6.45) is 1.57. The highest BCUT2D eigenvalue weighted by molar-refractivity contribution is 7.88. The highest BCUT2D eigenvalue weighted by atomic mass is 35.5. The molecule has 0 saturated carbocycles. The number of nitrogens with zero attached hydrogens (tertiary/aromatic N) is 1. The number of sulfonamides is 1. The van der Waals surface area contributed by atoms with Crippen LogP contribution in [0.1, 0.15) is 35.7 Å². The molecule has 170 valence electrons. The molecule has 1 N–H and O–H groups in total. The van der Waals surface area contributed by atoms with Crippen LogP contribution in [0.5, 0.6) is 0 Å². The maximum absolute atomic E-state index is 13.6. The van der Waals surface area contributed by atoms with E-state index in [1.165, 1.54) is 0 Å². The summed E-state index contributed by atoms with van der Waals surface area (Å²) in [5, 5.41) is 2.23. The molecule has 1 aliphatic rings. The smallest absolute Gasteiger partial charge is 0.218 e. The highest BCUT2D eigenvalue weighted by Crippen LogP contribution is 2.43. The molecule has 1 aliphatic heterocycles. The summed E-state index contributed by atoms with van der Waals surface area (Å²) in [5.74, 6) is -0.0668. The predicted molar refractivity (Wildman–Crippen MR) is 136 cm³/mol. The molecule has 0 radical (unpaired) electrons. The normalized spacial score (nSPS) is 17.1. The minimum Gasteiger partial charge on any atom is -0.357 e. The molecular formula is C26H24Cl2N2O2S. The molecule has 3 aromatic carbocycles. The molecule has 1 aromatic heterocycles. The van der Waals surface area contributed by atoms with Gasteiger partial charge < -0.3 is 4.98 Å². The van der Waals surface area contributed by atoms with Gasteiger partial charge in [0.05, 0.1) is 11.8 Å². The van der Waals surface area contributed by atoms with Crippen molar-refractivity contribution in [2.24, 2.45) is 0 Å². The van der Waals surface area contributed by atoms with Gasteiger partial charge in [0, 0.05) is 38.8 Å². The van der Waals surface area contributed by atoms with Crippen LogP contribution in [0, 0.1) is 6.92 Å². The van der Waals surface area contributed by atoms with Crippen LogP contribution in [0.4, 0.5) is 0 Å². The summed E-state index contributed by atoms with van der Waals surface area (Å²) in [6, 6.07) is 21.0. The fraction of sp³-hybridized carbons (Fsp3) is 0.231. The number of H-pyrrole nitrogens is 1. The van der Waals surface area contributed by atoms with Crippen molar-refractivity contribution in [3.63, 3.8) is 0 Å². The molecule has 7 heteroatoms. The summed E-state index contributed by atoms with van der Waals surface area (Å²) < 4.78 is 28.9. The van der Waals surface area contributed by atoms with Crippen LogP contribution < -0.4 is 0 Å². The van der Waals surface area contributed by atoms with E-state index in [2.05, 4.69) is 17.1 Å². The average Bonchev–Trinajstić information content (AvgIpc) is 3.42. The van der Waals surface area contributed by atoms with Crippen molar-refractivity contribution in [1.29, 1.82) is 0 Å². The first-order valence-electron chi connectivity index (χ1n) is 11.0. The number of rotatable bonds is 5. The van der Waals surface area contributed by atoms with Gasteiger partial charge in [-0.25, -0.2) is 8.42 Å². The summed E-state index contributed by atoms with van der Waals surface area (Å²) in [4.78, 5) is 3.53. The van der Waals surface area contributed by atoms with Gasteiger partial charge in [-0.15, -0.1) is 0 Å². The molecule has 4 nitrogen and oxygen atoms in total. The van der Waals surface area contributed by atoms with Crippen molar-refractivity contribution in [3.8, 4) is 11.1 Å². The summed E-state index contributed by atoms with van der Waals surface area (Å²) in [7, 11) is -3.57. The van der Waals surface area contributed by atoms with E-state index in [9.17, 15) is 8.42 Å². The average molecular weight is 499 g/mol. The van der Waals surface area contributed by atoms with Crippen LogP contribution in [0.25, 0.3) is 22.0 Å². The largest absolute Gasteiger partial charge is 0.357 e. The third-order valence-electron chi connectivity index (χ3n) is 6.46. The van der Waals surface area contributed by atoms with Crippen LogP contribution in [0.15, 0.2) is 66.7 Å². The predicted octanol–water partition coefficient (Wildman–Crippen LogP) is 7.12. The van der Waals surface area contributed by atoms with Crippen LogP contribution in [0.3, 0.4) is 0 Å². The van der Waals surface area contributed by atoms with E-state index in [0.717, 1.165) is 51.7 Å². The Balaban J connectivity index is 1.60. The Labute approximate surface area is 204 Å². The van der Waals surface area contributed by atoms with E-state index in [1.54, 1.807) is 16.4 Å². The second-order valence-electron chi connectivity index (χ2n) is 8.52. The van der Waals surface area contributed by atoms with Gasteiger partial charge in [-0.05, 0) is 60.7 Å². The number of aromatic amines is 1.